The van der Waals surface area contributed by atoms with Gasteiger partial charge in [0.2, 0.25) is 0 Å². The van der Waals surface area contributed by atoms with Gasteiger partial charge in [-0.15, -0.1) is 0 Å². The fourth-order valence-electron chi connectivity index (χ4n) is 5.29. The molecule has 0 saturated heterocycles. The molecule has 176 valence electrons. The van der Waals surface area contributed by atoms with Gasteiger partial charge in [-0.1, -0.05) is 109 Å². The summed E-state index contributed by atoms with van der Waals surface area (Å²) in [7, 11) is 0. The summed E-state index contributed by atoms with van der Waals surface area (Å²) in [6.45, 7) is 7.61. The van der Waals surface area contributed by atoms with Crippen LogP contribution in [0.1, 0.15) is 0 Å². The minimum absolute atomic E-state index is 0.667. The second kappa shape index (κ2) is 8.96. The number of benzene rings is 5. The van der Waals surface area contributed by atoms with Crippen molar-refractivity contribution in [2.75, 3.05) is 0 Å². The van der Waals surface area contributed by atoms with Crippen LogP contribution in [-0.4, -0.2) is 9.97 Å². The van der Waals surface area contributed by atoms with Crippen LogP contribution in [0.25, 0.3) is 70.9 Å². The van der Waals surface area contributed by atoms with E-state index in [-0.39, 0.29) is 0 Å². The normalized spacial score (nSPS) is 11.1. The van der Waals surface area contributed by atoms with Crippen LogP contribution >= 0.6 is 0 Å². The molecule has 0 amide bonds. The van der Waals surface area contributed by atoms with Crippen LogP contribution in [0.15, 0.2) is 128 Å². The van der Waals surface area contributed by atoms with Gasteiger partial charge in [0.05, 0.1) is 23.3 Å². The molecule has 0 aliphatic heterocycles. The molecular weight excluding hydrogens is 462 g/mol. The maximum atomic E-state index is 7.61. The Morgan fingerprint density at radius 1 is 0.500 bits per heavy atom. The zero-order valence-electron chi connectivity index (χ0n) is 20.5. The van der Waals surface area contributed by atoms with E-state index < -0.39 is 0 Å². The van der Waals surface area contributed by atoms with Gasteiger partial charge in [0, 0.05) is 22.5 Å². The van der Waals surface area contributed by atoms with Crippen molar-refractivity contribution in [1.29, 1.82) is 0 Å². The largest absolute Gasteiger partial charge is 0.254 e. The first-order valence-electron chi connectivity index (χ1n) is 12.5. The van der Waals surface area contributed by atoms with Crippen molar-refractivity contribution in [1.82, 2.24) is 9.97 Å². The lowest BCUT2D eigenvalue weighted by Crippen LogP contribution is -1.89. The molecule has 0 saturated carbocycles. The Labute approximate surface area is 220 Å². The molecule has 7 rings (SSSR count). The third-order valence-corrected chi connectivity index (χ3v) is 7.16. The lowest BCUT2D eigenvalue weighted by molar-refractivity contribution is 1.37. The van der Waals surface area contributed by atoms with E-state index in [1.807, 2.05) is 36.5 Å². The van der Waals surface area contributed by atoms with Crippen LogP contribution in [0.2, 0.25) is 0 Å². The number of hydrogen-bond donors (Lipinski definition) is 0. The molecule has 7 aromatic rings. The standard InChI is InChI=1S/C35H21N3/c1-36-33-11-5-4-10-31(33)30-20-19-27(28-8-2-3-9-29(28)30)23-12-14-24(15-13-23)32-21-18-26-17-16-25-7-6-22-37-34(25)35(26)38-32/h2-22H. The molecule has 2 heterocycles. The summed E-state index contributed by atoms with van der Waals surface area (Å²) < 4.78 is 0. The minimum atomic E-state index is 0.667. The fourth-order valence-corrected chi connectivity index (χ4v) is 5.29. The van der Waals surface area contributed by atoms with E-state index in [0.29, 0.717) is 5.69 Å². The van der Waals surface area contributed by atoms with Crippen molar-refractivity contribution in [3.05, 3.63) is 139 Å². The topological polar surface area (TPSA) is 30.1 Å². The van der Waals surface area contributed by atoms with E-state index in [1.54, 1.807) is 0 Å². The molecule has 0 unspecified atom stereocenters. The van der Waals surface area contributed by atoms with E-state index in [2.05, 4.69) is 101 Å². The molecule has 0 spiro atoms. The maximum absolute atomic E-state index is 7.61. The molecule has 0 N–H and O–H groups in total. The summed E-state index contributed by atoms with van der Waals surface area (Å²) in [5.41, 5.74) is 8.86. The minimum Gasteiger partial charge on any atom is -0.254 e. The molecule has 3 nitrogen and oxygen atoms in total. The Morgan fingerprint density at radius 3 is 1.97 bits per heavy atom. The Morgan fingerprint density at radius 2 is 1.16 bits per heavy atom. The van der Waals surface area contributed by atoms with Crippen LogP contribution in [0.3, 0.4) is 0 Å². The Hall–Kier alpha value is -5.33. The fraction of sp³-hybridized carbons (Fsp3) is 0. The summed E-state index contributed by atoms with van der Waals surface area (Å²) in [5, 5.41) is 4.48. The van der Waals surface area contributed by atoms with Crippen molar-refractivity contribution in [3.8, 4) is 33.5 Å². The molecule has 38 heavy (non-hydrogen) atoms. The SMILES string of the molecule is [C-]#[N+]c1ccccc1-c1ccc(-c2ccc(-c3ccc4ccc5cccnc5c4n3)cc2)c2ccccc12. The molecule has 3 heteroatoms. The predicted molar refractivity (Wildman–Crippen MR) is 157 cm³/mol. The van der Waals surface area contributed by atoms with Crippen LogP contribution in [0.5, 0.6) is 0 Å². The Bertz CT molecular complexity index is 2030. The molecule has 0 atom stereocenters. The van der Waals surface area contributed by atoms with Gasteiger partial charge in [-0.25, -0.2) is 9.83 Å². The summed E-state index contributed by atoms with van der Waals surface area (Å²) >= 11 is 0. The smallest absolute Gasteiger partial charge is 0.194 e. The number of rotatable bonds is 3. The lowest BCUT2D eigenvalue weighted by Gasteiger charge is -2.13. The van der Waals surface area contributed by atoms with Crippen molar-refractivity contribution in [2.45, 2.75) is 0 Å². The van der Waals surface area contributed by atoms with Gasteiger partial charge in [-0.2, -0.15) is 0 Å². The molecule has 0 aliphatic carbocycles. The highest BCUT2D eigenvalue weighted by atomic mass is 14.7. The van der Waals surface area contributed by atoms with Gasteiger partial charge in [0.25, 0.3) is 0 Å². The quantitative estimate of drug-likeness (QED) is 0.185. The van der Waals surface area contributed by atoms with Gasteiger partial charge in [0.1, 0.15) is 0 Å². The van der Waals surface area contributed by atoms with Gasteiger partial charge in [0.15, 0.2) is 5.69 Å². The third kappa shape index (κ3) is 3.59. The van der Waals surface area contributed by atoms with E-state index in [1.165, 1.54) is 5.39 Å². The highest BCUT2D eigenvalue weighted by Crippen LogP contribution is 2.39. The number of para-hydroxylation sites is 1. The van der Waals surface area contributed by atoms with Gasteiger partial charge in [-0.3, -0.25) is 4.98 Å². The molecular formula is C35H21N3. The second-order valence-corrected chi connectivity index (χ2v) is 9.32. The van der Waals surface area contributed by atoms with E-state index in [0.717, 1.165) is 60.7 Å². The first kappa shape index (κ1) is 21.9. The van der Waals surface area contributed by atoms with Crippen LogP contribution < -0.4 is 0 Å². The van der Waals surface area contributed by atoms with Crippen LogP contribution in [-0.2, 0) is 0 Å². The predicted octanol–water partition coefficient (Wildman–Crippen LogP) is 9.49. The highest BCUT2D eigenvalue weighted by molar-refractivity contribution is 6.07. The number of pyridine rings is 2. The summed E-state index contributed by atoms with van der Waals surface area (Å²) in [5.74, 6) is 0. The molecule has 0 bridgehead atoms. The van der Waals surface area contributed by atoms with Gasteiger partial charge in [-0.05, 0) is 45.2 Å². The monoisotopic (exact) mass is 483 g/mol. The molecule has 0 fully saturated rings. The maximum Gasteiger partial charge on any atom is 0.194 e. The number of hydrogen-bond acceptors (Lipinski definition) is 2. The average Bonchev–Trinajstić information content (AvgIpc) is 3.00. The van der Waals surface area contributed by atoms with Crippen molar-refractivity contribution in [3.63, 3.8) is 0 Å². The zero-order valence-corrected chi connectivity index (χ0v) is 20.5. The molecule has 5 aromatic carbocycles. The number of fused-ring (bicyclic) bond motifs is 4. The number of aromatic nitrogens is 2. The summed E-state index contributed by atoms with van der Waals surface area (Å²) in [6, 6.07) is 41.6. The summed E-state index contributed by atoms with van der Waals surface area (Å²) in [4.78, 5) is 13.3. The van der Waals surface area contributed by atoms with Crippen molar-refractivity contribution in [2.24, 2.45) is 0 Å². The van der Waals surface area contributed by atoms with Crippen molar-refractivity contribution >= 4 is 38.3 Å². The number of nitrogens with zero attached hydrogens (tertiary/aromatic N) is 3. The van der Waals surface area contributed by atoms with Crippen LogP contribution in [0, 0.1) is 6.57 Å². The van der Waals surface area contributed by atoms with Crippen LogP contribution in [0.4, 0.5) is 5.69 Å². The van der Waals surface area contributed by atoms with E-state index >= 15 is 0 Å². The average molecular weight is 484 g/mol. The van der Waals surface area contributed by atoms with Gasteiger partial charge >= 0.3 is 0 Å². The first-order chi connectivity index (χ1) is 18.8. The van der Waals surface area contributed by atoms with E-state index in [4.69, 9.17) is 11.6 Å². The molecule has 0 aliphatic rings. The zero-order chi connectivity index (χ0) is 25.5. The second-order valence-electron chi connectivity index (χ2n) is 9.32. The molecule has 2 aromatic heterocycles. The van der Waals surface area contributed by atoms with E-state index in [9.17, 15) is 0 Å². The first-order valence-corrected chi connectivity index (χ1v) is 12.5. The highest BCUT2D eigenvalue weighted by Gasteiger charge is 2.12. The van der Waals surface area contributed by atoms with Crippen molar-refractivity contribution < 1.29 is 0 Å². The Balaban J connectivity index is 1.32. The lowest BCUT2D eigenvalue weighted by atomic mass is 9.91. The molecule has 0 radical (unpaired) electrons. The summed E-state index contributed by atoms with van der Waals surface area (Å²) in [6.07, 6.45) is 1.82. The van der Waals surface area contributed by atoms with Gasteiger partial charge < -0.3 is 0 Å². The third-order valence-electron chi connectivity index (χ3n) is 7.16. The Kier molecular flexibility index (Phi) is 5.17.